The molecule has 0 saturated carbocycles. The summed E-state index contributed by atoms with van der Waals surface area (Å²) in [6, 6.07) is 0. The van der Waals surface area contributed by atoms with Crippen molar-refractivity contribution >= 4 is 23.1 Å². The van der Waals surface area contributed by atoms with Gasteiger partial charge in [0, 0.05) is 31.6 Å². The summed E-state index contributed by atoms with van der Waals surface area (Å²) in [5.74, 6) is 0.0560. The second-order valence-corrected chi connectivity index (χ2v) is 4.70. The molecule has 0 unspecified atom stereocenters. The number of aromatic nitrogens is 3. The molecule has 0 aromatic carbocycles. The maximum Gasteiger partial charge on any atom is 0.268 e. The molecule has 0 aliphatic heterocycles. The number of hydrogen-bond acceptors (Lipinski definition) is 6. The zero-order chi connectivity index (χ0) is 13.0. The minimum atomic E-state index is -0.572. The lowest BCUT2D eigenvalue weighted by Crippen LogP contribution is -2.23. The van der Waals surface area contributed by atoms with Crippen LogP contribution in [0.2, 0.25) is 0 Å². The van der Waals surface area contributed by atoms with Gasteiger partial charge in [0.15, 0.2) is 0 Å². The van der Waals surface area contributed by atoms with Crippen LogP contribution in [0, 0.1) is 0 Å². The Hall–Kier alpha value is -2.02. The van der Waals surface area contributed by atoms with Crippen molar-refractivity contribution in [3.8, 4) is 0 Å². The van der Waals surface area contributed by atoms with Crippen LogP contribution in [0.5, 0.6) is 0 Å². The van der Waals surface area contributed by atoms with E-state index in [1.807, 2.05) is 17.3 Å². The second-order valence-electron chi connectivity index (χ2n) is 3.72. The Balaban J connectivity index is 2.02. The van der Waals surface area contributed by atoms with Gasteiger partial charge in [-0.05, 0) is 0 Å². The molecule has 0 spiro atoms. The van der Waals surface area contributed by atoms with Crippen LogP contribution in [-0.2, 0) is 6.42 Å². The summed E-state index contributed by atoms with van der Waals surface area (Å²) in [5.41, 5.74) is 5.34. The van der Waals surface area contributed by atoms with E-state index in [0.29, 0.717) is 5.82 Å². The first kappa shape index (κ1) is 12.4. The van der Waals surface area contributed by atoms with Crippen molar-refractivity contribution < 1.29 is 4.79 Å². The lowest BCUT2D eigenvalue weighted by Gasteiger charge is -2.17. The molecule has 0 atom stereocenters. The van der Waals surface area contributed by atoms with Crippen LogP contribution in [0.1, 0.15) is 15.5 Å². The number of hydrogen-bond donors (Lipinski definition) is 1. The Morgan fingerprint density at radius 3 is 3.00 bits per heavy atom. The van der Waals surface area contributed by atoms with Gasteiger partial charge in [-0.15, -0.1) is 11.3 Å². The molecule has 7 heteroatoms. The lowest BCUT2D eigenvalue weighted by molar-refractivity contribution is 0.0995. The Bertz CT molecular complexity index is 528. The zero-order valence-electron chi connectivity index (χ0n) is 9.91. The van der Waals surface area contributed by atoms with Crippen LogP contribution < -0.4 is 10.6 Å². The Labute approximate surface area is 109 Å². The van der Waals surface area contributed by atoms with Crippen molar-refractivity contribution in [3.05, 3.63) is 34.7 Å². The number of nitrogens with two attached hydrogens (primary N) is 1. The Morgan fingerprint density at radius 2 is 2.33 bits per heavy atom. The van der Waals surface area contributed by atoms with E-state index in [1.165, 1.54) is 6.20 Å². The number of amides is 1. The summed E-state index contributed by atoms with van der Waals surface area (Å²) in [4.78, 5) is 25.2. The van der Waals surface area contributed by atoms with Gasteiger partial charge in [0.25, 0.3) is 5.91 Å². The maximum absolute atomic E-state index is 11.0. The number of carbonyl (C=O) groups excluding carboxylic acids is 1. The predicted molar refractivity (Wildman–Crippen MR) is 69.6 cm³/mol. The fourth-order valence-electron chi connectivity index (χ4n) is 1.41. The van der Waals surface area contributed by atoms with E-state index in [0.717, 1.165) is 18.0 Å². The standard InChI is InChI=1S/C11H13N5OS/c1-16(4-2-10-14-3-5-18-10)9-7-13-6-8(15-9)11(12)17/h3,5-7H,2,4H2,1H3,(H2,12,17). The summed E-state index contributed by atoms with van der Waals surface area (Å²) < 4.78 is 0. The van der Waals surface area contributed by atoms with Crippen molar-refractivity contribution in [1.82, 2.24) is 15.0 Å². The third-order valence-electron chi connectivity index (χ3n) is 2.41. The summed E-state index contributed by atoms with van der Waals surface area (Å²) in [7, 11) is 1.89. The molecule has 0 saturated heterocycles. The van der Waals surface area contributed by atoms with Crippen LogP contribution in [0.4, 0.5) is 5.82 Å². The number of primary amides is 1. The van der Waals surface area contributed by atoms with Gasteiger partial charge < -0.3 is 10.6 Å². The largest absolute Gasteiger partial charge is 0.364 e. The first-order valence-electron chi connectivity index (χ1n) is 5.38. The summed E-state index contributed by atoms with van der Waals surface area (Å²) in [6.07, 6.45) is 5.58. The molecule has 2 aromatic heterocycles. The van der Waals surface area contributed by atoms with E-state index in [2.05, 4.69) is 15.0 Å². The molecule has 94 valence electrons. The average Bonchev–Trinajstić information content (AvgIpc) is 2.89. The van der Waals surface area contributed by atoms with E-state index in [9.17, 15) is 4.79 Å². The fourth-order valence-corrected chi connectivity index (χ4v) is 2.02. The second kappa shape index (κ2) is 5.54. The molecule has 0 radical (unpaired) electrons. The van der Waals surface area contributed by atoms with Crippen molar-refractivity contribution in [2.45, 2.75) is 6.42 Å². The molecule has 1 amide bonds. The van der Waals surface area contributed by atoms with Gasteiger partial charge in [0.1, 0.15) is 11.5 Å². The van der Waals surface area contributed by atoms with Gasteiger partial charge >= 0.3 is 0 Å². The topological polar surface area (TPSA) is 85.0 Å². The first-order chi connectivity index (χ1) is 8.66. The molecular weight excluding hydrogens is 250 g/mol. The molecule has 2 rings (SSSR count). The van der Waals surface area contributed by atoms with Crippen molar-refractivity contribution in [2.24, 2.45) is 5.73 Å². The normalized spacial score (nSPS) is 10.3. The third-order valence-corrected chi connectivity index (χ3v) is 3.25. The highest BCUT2D eigenvalue weighted by atomic mass is 32.1. The monoisotopic (exact) mass is 263 g/mol. The van der Waals surface area contributed by atoms with Crippen LogP contribution in [0.15, 0.2) is 24.0 Å². The van der Waals surface area contributed by atoms with E-state index in [4.69, 9.17) is 5.73 Å². The summed E-state index contributed by atoms with van der Waals surface area (Å²) >= 11 is 1.62. The minimum absolute atomic E-state index is 0.175. The van der Waals surface area contributed by atoms with Crippen molar-refractivity contribution in [3.63, 3.8) is 0 Å². The highest BCUT2D eigenvalue weighted by Gasteiger charge is 2.08. The van der Waals surface area contributed by atoms with Gasteiger partial charge in [0.2, 0.25) is 0 Å². The van der Waals surface area contributed by atoms with Crippen LogP contribution in [0.25, 0.3) is 0 Å². The molecule has 6 nitrogen and oxygen atoms in total. The summed E-state index contributed by atoms with van der Waals surface area (Å²) in [5, 5.41) is 3.02. The maximum atomic E-state index is 11.0. The first-order valence-corrected chi connectivity index (χ1v) is 6.26. The average molecular weight is 263 g/mol. The number of likely N-dealkylation sites (N-methyl/N-ethyl adjacent to an activating group) is 1. The van der Waals surface area contributed by atoms with E-state index >= 15 is 0 Å². The van der Waals surface area contributed by atoms with Crippen molar-refractivity contribution in [2.75, 3.05) is 18.5 Å². The number of thiazole rings is 1. The van der Waals surface area contributed by atoms with Gasteiger partial charge in [-0.3, -0.25) is 9.78 Å². The van der Waals surface area contributed by atoms with E-state index in [1.54, 1.807) is 23.7 Å². The smallest absolute Gasteiger partial charge is 0.268 e. The van der Waals surface area contributed by atoms with Gasteiger partial charge in [-0.2, -0.15) is 0 Å². The van der Waals surface area contributed by atoms with Crippen LogP contribution in [0.3, 0.4) is 0 Å². The minimum Gasteiger partial charge on any atom is -0.364 e. The van der Waals surface area contributed by atoms with Gasteiger partial charge in [-0.1, -0.05) is 0 Å². The Morgan fingerprint density at radius 1 is 1.50 bits per heavy atom. The zero-order valence-corrected chi connectivity index (χ0v) is 10.7. The highest BCUT2D eigenvalue weighted by molar-refractivity contribution is 7.09. The lowest BCUT2D eigenvalue weighted by atomic mass is 10.4. The highest BCUT2D eigenvalue weighted by Crippen LogP contribution is 2.10. The van der Waals surface area contributed by atoms with Gasteiger partial charge in [0.05, 0.1) is 17.4 Å². The number of anilines is 1. The third kappa shape index (κ3) is 3.01. The molecule has 0 aliphatic rings. The molecule has 2 heterocycles. The molecular formula is C11H13N5OS. The molecule has 2 N–H and O–H groups in total. The quantitative estimate of drug-likeness (QED) is 0.858. The summed E-state index contributed by atoms with van der Waals surface area (Å²) in [6.45, 7) is 0.754. The molecule has 18 heavy (non-hydrogen) atoms. The SMILES string of the molecule is CN(CCc1nccs1)c1cncc(C(N)=O)n1. The molecule has 0 fully saturated rings. The van der Waals surface area contributed by atoms with Gasteiger partial charge in [-0.25, -0.2) is 9.97 Å². The number of rotatable bonds is 5. The predicted octanol–water partition coefficient (Wildman–Crippen LogP) is 0.711. The molecule has 0 aliphatic carbocycles. The fraction of sp³-hybridized carbons (Fsp3) is 0.273. The van der Waals surface area contributed by atoms with Crippen LogP contribution >= 0.6 is 11.3 Å². The van der Waals surface area contributed by atoms with Crippen molar-refractivity contribution in [1.29, 1.82) is 0 Å². The Kier molecular flexibility index (Phi) is 3.83. The van der Waals surface area contributed by atoms with E-state index < -0.39 is 5.91 Å². The van der Waals surface area contributed by atoms with E-state index in [-0.39, 0.29) is 5.69 Å². The number of carbonyl (C=O) groups is 1. The molecule has 2 aromatic rings. The number of nitrogens with zero attached hydrogens (tertiary/aromatic N) is 4. The molecule has 0 bridgehead atoms. The van der Waals surface area contributed by atoms with Crippen LogP contribution in [-0.4, -0.2) is 34.5 Å².